The summed E-state index contributed by atoms with van der Waals surface area (Å²) in [4.78, 5) is 23.4. The van der Waals surface area contributed by atoms with E-state index in [0.717, 1.165) is 32.2 Å². The van der Waals surface area contributed by atoms with Crippen LogP contribution in [0, 0.1) is 10.8 Å². The maximum Gasteiger partial charge on any atom is 0.310 e. The lowest BCUT2D eigenvalue weighted by atomic mass is 9.82. The van der Waals surface area contributed by atoms with Crippen LogP contribution >= 0.6 is 0 Å². The zero-order valence-corrected chi connectivity index (χ0v) is 11.8. The Morgan fingerprint density at radius 2 is 1.79 bits per heavy atom. The first-order valence-electron chi connectivity index (χ1n) is 7.52. The average molecular weight is 267 g/mol. The summed E-state index contributed by atoms with van der Waals surface area (Å²) in [5.74, 6) is -0.874. The molecule has 0 aliphatic heterocycles. The average Bonchev–Trinajstić information content (AvgIpc) is 2.96. The van der Waals surface area contributed by atoms with Gasteiger partial charge in [0.2, 0.25) is 5.91 Å². The molecule has 0 aromatic rings. The molecule has 0 aromatic carbocycles. The molecule has 2 aliphatic rings. The van der Waals surface area contributed by atoms with Gasteiger partial charge in [0.25, 0.3) is 0 Å². The molecule has 2 fully saturated rings. The maximum absolute atomic E-state index is 12.0. The number of rotatable bonds is 7. The van der Waals surface area contributed by atoms with Gasteiger partial charge in [-0.25, -0.2) is 0 Å². The van der Waals surface area contributed by atoms with Gasteiger partial charge in [0, 0.05) is 13.0 Å². The zero-order chi connectivity index (χ0) is 13.9. The molecule has 4 heteroatoms. The van der Waals surface area contributed by atoms with Crippen LogP contribution in [0.1, 0.15) is 64.7 Å². The van der Waals surface area contributed by atoms with E-state index < -0.39 is 11.4 Å². The summed E-state index contributed by atoms with van der Waals surface area (Å²) in [5.41, 5.74) is -0.456. The molecule has 4 nitrogen and oxygen atoms in total. The third-order valence-corrected chi connectivity index (χ3v) is 4.91. The van der Waals surface area contributed by atoms with Gasteiger partial charge < -0.3 is 10.4 Å². The van der Waals surface area contributed by atoms with E-state index in [4.69, 9.17) is 0 Å². The molecule has 0 radical (unpaired) electrons. The summed E-state index contributed by atoms with van der Waals surface area (Å²) in [7, 11) is 0. The molecule has 108 valence electrons. The van der Waals surface area contributed by atoms with Gasteiger partial charge >= 0.3 is 5.97 Å². The van der Waals surface area contributed by atoms with Gasteiger partial charge in [0.15, 0.2) is 0 Å². The number of hydrogen-bond acceptors (Lipinski definition) is 2. The molecule has 0 aromatic heterocycles. The van der Waals surface area contributed by atoms with Crippen LogP contribution in [0.3, 0.4) is 0 Å². The van der Waals surface area contributed by atoms with Crippen molar-refractivity contribution < 1.29 is 14.7 Å². The highest BCUT2D eigenvalue weighted by atomic mass is 16.4. The summed E-state index contributed by atoms with van der Waals surface area (Å²) in [6.07, 6.45) is 8.03. The van der Waals surface area contributed by atoms with Crippen LogP contribution in [-0.2, 0) is 9.59 Å². The number of hydrogen-bond donors (Lipinski definition) is 2. The standard InChI is InChI=1S/C15H25NO3/c1-2-5-14(8-9-14)11-16-12(17)10-15(13(18)19)6-3-4-7-15/h2-11H2,1H3,(H,16,17)(H,18,19). The van der Waals surface area contributed by atoms with Crippen molar-refractivity contribution in [2.24, 2.45) is 10.8 Å². The lowest BCUT2D eigenvalue weighted by Gasteiger charge is -2.23. The smallest absolute Gasteiger partial charge is 0.310 e. The number of amides is 1. The van der Waals surface area contributed by atoms with Gasteiger partial charge in [-0.15, -0.1) is 0 Å². The summed E-state index contributed by atoms with van der Waals surface area (Å²) in [6, 6.07) is 0. The van der Waals surface area contributed by atoms with E-state index in [1.807, 2.05) is 0 Å². The highest BCUT2D eigenvalue weighted by Gasteiger charge is 2.44. The minimum Gasteiger partial charge on any atom is -0.481 e. The molecule has 2 rings (SSSR count). The summed E-state index contributed by atoms with van der Waals surface area (Å²) in [6.45, 7) is 2.90. The Bertz CT molecular complexity index is 354. The third-order valence-electron chi connectivity index (χ3n) is 4.91. The Morgan fingerprint density at radius 3 is 2.26 bits per heavy atom. The number of nitrogens with one attached hydrogen (secondary N) is 1. The van der Waals surface area contributed by atoms with E-state index in [0.29, 0.717) is 18.3 Å². The third kappa shape index (κ3) is 3.28. The summed E-state index contributed by atoms with van der Waals surface area (Å²) in [5, 5.41) is 12.3. The first-order valence-corrected chi connectivity index (χ1v) is 7.52. The van der Waals surface area contributed by atoms with Crippen LogP contribution in [0.5, 0.6) is 0 Å². The molecule has 0 atom stereocenters. The van der Waals surface area contributed by atoms with Gasteiger partial charge in [-0.05, 0) is 37.5 Å². The molecular formula is C15H25NO3. The molecular weight excluding hydrogens is 242 g/mol. The van der Waals surface area contributed by atoms with E-state index in [2.05, 4.69) is 12.2 Å². The quantitative estimate of drug-likeness (QED) is 0.745. The Morgan fingerprint density at radius 1 is 1.16 bits per heavy atom. The van der Waals surface area contributed by atoms with E-state index >= 15 is 0 Å². The maximum atomic E-state index is 12.0. The van der Waals surface area contributed by atoms with Crippen molar-refractivity contribution in [3.63, 3.8) is 0 Å². The van der Waals surface area contributed by atoms with Gasteiger partial charge in [0.05, 0.1) is 5.41 Å². The van der Waals surface area contributed by atoms with Crippen molar-refractivity contribution in [2.45, 2.75) is 64.7 Å². The topological polar surface area (TPSA) is 66.4 Å². The van der Waals surface area contributed by atoms with Crippen LogP contribution in [0.15, 0.2) is 0 Å². The van der Waals surface area contributed by atoms with E-state index in [1.165, 1.54) is 12.8 Å². The van der Waals surface area contributed by atoms with Crippen molar-refractivity contribution in [2.75, 3.05) is 6.54 Å². The van der Waals surface area contributed by atoms with Crippen LogP contribution in [-0.4, -0.2) is 23.5 Å². The highest BCUT2D eigenvalue weighted by molar-refractivity contribution is 5.85. The van der Waals surface area contributed by atoms with Gasteiger partial charge in [-0.1, -0.05) is 26.2 Å². The minimum atomic E-state index is -0.796. The lowest BCUT2D eigenvalue weighted by molar-refractivity contribution is -0.151. The molecule has 2 N–H and O–H groups in total. The molecule has 2 aliphatic carbocycles. The first-order chi connectivity index (χ1) is 9.02. The fourth-order valence-electron chi connectivity index (χ4n) is 3.40. The molecule has 0 saturated heterocycles. The molecule has 19 heavy (non-hydrogen) atoms. The summed E-state index contributed by atoms with van der Waals surface area (Å²) < 4.78 is 0. The monoisotopic (exact) mass is 267 g/mol. The molecule has 0 heterocycles. The number of carbonyl (C=O) groups excluding carboxylic acids is 1. The second-order valence-electron chi connectivity index (χ2n) is 6.50. The summed E-state index contributed by atoms with van der Waals surface area (Å²) >= 11 is 0. The van der Waals surface area contributed by atoms with E-state index in [1.54, 1.807) is 0 Å². The van der Waals surface area contributed by atoms with Crippen molar-refractivity contribution in [3.8, 4) is 0 Å². The van der Waals surface area contributed by atoms with Crippen molar-refractivity contribution in [3.05, 3.63) is 0 Å². The Hall–Kier alpha value is -1.06. The van der Waals surface area contributed by atoms with Crippen LogP contribution < -0.4 is 5.32 Å². The minimum absolute atomic E-state index is 0.0771. The molecule has 2 saturated carbocycles. The van der Waals surface area contributed by atoms with Gasteiger partial charge in [-0.3, -0.25) is 9.59 Å². The van der Waals surface area contributed by atoms with Crippen molar-refractivity contribution in [1.82, 2.24) is 5.32 Å². The zero-order valence-electron chi connectivity index (χ0n) is 11.8. The fraction of sp³-hybridized carbons (Fsp3) is 0.867. The number of carbonyl (C=O) groups is 2. The predicted octanol–water partition coefficient (Wildman–Crippen LogP) is 2.72. The highest BCUT2D eigenvalue weighted by Crippen LogP contribution is 2.49. The number of carboxylic acids is 1. The molecule has 0 spiro atoms. The Labute approximate surface area is 115 Å². The van der Waals surface area contributed by atoms with Crippen molar-refractivity contribution >= 4 is 11.9 Å². The first kappa shape index (κ1) is 14.4. The Kier molecular flexibility index (Phi) is 4.16. The number of carboxylic acid groups (broad SMARTS) is 1. The van der Waals surface area contributed by atoms with Crippen LogP contribution in [0.2, 0.25) is 0 Å². The second kappa shape index (κ2) is 5.51. The predicted molar refractivity (Wildman–Crippen MR) is 72.7 cm³/mol. The second-order valence-corrected chi connectivity index (χ2v) is 6.50. The van der Waals surface area contributed by atoms with E-state index in [9.17, 15) is 14.7 Å². The van der Waals surface area contributed by atoms with Crippen LogP contribution in [0.25, 0.3) is 0 Å². The molecule has 0 unspecified atom stereocenters. The largest absolute Gasteiger partial charge is 0.481 e. The SMILES string of the molecule is CCCC1(CNC(=O)CC2(C(=O)O)CCCC2)CC1. The number of aliphatic carboxylic acids is 1. The van der Waals surface area contributed by atoms with E-state index in [-0.39, 0.29) is 12.3 Å². The van der Waals surface area contributed by atoms with Crippen molar-refractivity contribution in [1.29, 1.82) is 0 Å². The van der Waals surface area contributed by atoms with Gasteiger partial charge in [0.1, 0.15) is 0 Å². The molecule has 0 bridgehead atoms. The lowest BCUT2D eigenvalue weighted by Crippen LogP contribution is -2.37. The van der Waals surface area contributed by atoms with Gasteiger partial charge in [-0.2, -0.15) is 0 Å². The van der Waals surface area contributed by atoms with Crippen LogP contribution in [0.4, 0.5) is 0 Å². The Balaban J connectivity index is 1.82. The molecule has 1 amide bonds. The normalized spacial score (nSPS) is 23.0. The fourth-order valence-corrected chi connectivity index (χ4v) is 3.40.